The third kappa shape index (κ3) is 2.78. The maximum Gasteiger partial charge on any atom is 0.155 e. The zero-order valence-electron chi connectivity index (χ0n) is 11.0. The van der Waals surface area contributed by atoms with E-state index in [1.807, 2.05) is 13.8 Å². The second kappa shape index (κ2) is 5.21. The molecule has 0 aromatic carbocycles. The minimum atomic E-state index is -0.828. The van der Waals surface area contributed by atoms with Crippen LogP contribution >= 0.6 is 0 Å². The quantitative estimate of drug-likeness (QED) is 0.575. The van der Waals surface area contributed by atoms with Crippen LogP contribution in [0.1, 0.15) is 59.8 Å². The normalized spacial score (nSPS) is 28.4. The zero-order valence-corrected chi connectivity index (χ0v) is 11.0. The molecule has 0 spiro atoms. The van der Waals surface area contributed by atoms with E-state index in [4.69, 9.17) is 4.74 Å². The van der Waals surface area contributed by atoms with Crippen molar-refractivity contribution < 1.29 is 9.84 Å². The van der Waals surface area contributed by atoms with Crippen molar-refractivity contribution in [3.8, 4) is 11.8 Å². The molecule has 0 aromatic rings. The molecule has 0 radical (unpaired) electrons. The van der Waals surface area contributed by atoms with Crippen molar-refractivity contribution in [3.05, 3.63) is 0 Å². The summed E-state index contributed by atoms with van der Waals surface area (Å²) in [4.78, 5) is 0. The highest BCUT2D eigenvalue weighted by Crippen LogP contribution is 2.42. The third-order valence-corrected chi connectivity index (χ3v) is 3.48. The van der Waals surface area contributed by atoms with Crippen molar-refractivity contribution in [3.63, 3.8) is 0 Å². The van der Waals surface area contributed by atoms with Crippen molar-refractivity contribution in [2.75, 3.05) is 0 Å². The molecular formula is C14H24O2. The van der Waals surface area contributed by atoms with Gasteiger partial charge in [-0.1, -0.05) is 46.0 Å². The van der Waals surface area contributed by atoms with Crippen molar-refractivity contribution in [1.29, 1.82) is 0 Å². The van der Waals surface area contributed by atoms with Crippen LogP contribution in [0.3, 0.4) is 0 Å². The fourth-order valence-electron chi connectivity index (χ4n) is 2.05. The van der Waals surface area contributed by atoms with Crippen LogP contribution in [0.15, 0.2) is 0 Å². The lowest BCUT2D eigenvalue weighted by Gasteiger charge is -2.17. The number of aliphatic hydroxyl groups is 1. The van der Waals surface area contributed by atoms with Crippen LogP contribution in [-0.4, -0.2) is 22.4 Å². The predicted molar refractivity (Wildman–Crippen MR) is 66.1 cm³/mol. The molecule has 1 rings (SSSR count). The van der Waals surface area contributed by atoms with Crippen LogP contribution < -0.4 is 0 Å². The second-order valence-electron chi connectivity index (χ2n) is 4.64. The molecule has 1 N–H and O–H groups in total. The van der Waals surface area contributed by atoms with Crippen LogP contribution in [0.25, 0.3) is 0 Å². The van der Waals surface area contributed by atoms with E-state index >= 15 is 0 Å². The van der Waals surface area contributed by atoms with Crippen LogP contribution in [0, 0.1) is 11.8 Å². The maximum absolute atomic E-state index is 10.1. The Morgan fingerprint density at radius 1 is 1.25 bits per heavy atom. The van der Waals surface area contributed by atoms with Crippen LogP contribution in [0.2, 0.25) is 0 Å². The van der Waals surface area contributed by atoms with Gasteiger partial charge in [0.25, 0.3) is 0 Å². The van der Waals surface area contributed by atoms with Crippen LogP contribution in [0.4, 0.5) is 0 Å². The lowest BCUT2D eigenvalue weighted by Crippen LogP contribution is -2.25. The number of hydrogen-bond acceptors (Lipinski definition) is 2. The van der Waals surface area contributed by atoms with Crippen molar-refractivity contribution >= 4 is 0 Å². The van der Waals surface area contributed by atoms with E-state index in [1.165, 1.54) is 0 Å². The van der Waals surface area contributed by atoms with Crippen molar-refractivity contribution in [2.24, 2.45) is 0 Å². The van der Waals surface area contributed by atoms with Crippen molar-refractivity contribution in [1.82, 2.24) is 0 Å². The standard InChI is InChI=1S/C14H24O2/c1-5-9-14(12(6-2)16-14)11-10-13(15,7-3)8-4/h12,15H,5-9H2,1-4H3. The van der Waals surface area contributed by atoms with E-state index in [0.717, 1.165) is 19.3 Å². The van der Waals surface area contributed by atoms with Gasteiger partial charge in [0.1, 0.15) is 5.60 Å². The van der Waals surface area contributed by atoms with Gasteiger partial charge in [-0.2, -0.15) is 0 Å². The predicted octanol–water partition coefficient (Wildman–Crippen LogP) is 2.89. The highest BCUT2D eigenvalue weighted by atomic mass is 16.6. The topological polar surface area (TPSA) is 32.8 Å². The Bertz CT molecular complexity index is 283. The van der Waals surface area contributed by atoms with Gasteiger partial charge in [-0.25, -0.2) is 0 Å². The molecule has 0 aromatic heterocycles. The Hall–Kier alpha value is -0.520. The van der Waals surface area contributed by atoms with Gasteiger partial charge in [-0.15, -0.1) is 0 Å². The molecule has 2 heteroatoms. The Kier molecular flexibility index (Phi) is 4.41. The van der Waals surface area contributed by atoms with E-state index in [-0.39, 0.29) is 11.7 Å². The first-order chi connectivity index (χ1) is 7.55. The summed E-state index contributed by atoms with van der Waals surface area (Å²) in [5.41, 5.74) is -1.08. The monoisotopic (exact) mass is 224 g/mol. The molecule has 0 bridgehead atoms. The smallest absolute Gasteiger partial charge is 0.155 e. The molecule has 1 fully saturated rings. The van der Waals surface area contributed by atoms with Crippen LogP contribution in [0.5, 0.6) is 0 Å². The molecule has 0 saturated carbocycles. The number of hydrogen-bond donors (Lipinski definition) is 1. The minimum Gasteiger partial charge on any atom is -0.378 e. The fourth-order valence-corrected chi connectivity index (χ4v) is 2.05. The summed E-state index contributed by atoms with van der Waals surface area (Å²) in [6.45, 7) is 8.20. The first kappa shape index (κ1) is 13.5. The fraction of sp³-hybridized carbons (Fsp3) is 0.857. The highest BCUT2D eigenvalue weighted by Gasteiger charge is 2.53. The summed E-state index contributed by atoms with van der Waals surface area (Å²) in [6, 6.07) is 0. The minimum absolute atomic E-state index is 0.248. The molecule has 1 aliphatic heterocycles. The second-order valence-corrected chi connectivity index (χ2v) is 4.64. The SMILES string of the molecule is CCCC1(C#CC(O)(CC)CC)OC1CC. The average Bonchev–Trinajstić information content (AvgIpc) is 3.01. The lowest BCUT2D eigenvalue weighted by molar-refractivity contribution is 0.0927. The van der Waals surface area contributed by atoms with E-state index in [0.29, 0.717) is 12.8 Å². The van der Waals surface area contributed by atoms with Gasteiger partial charge in [0, 0.05) is 0 Å². The Morgan fingerprint density at radius 2 is 1.88 bits per heavy atom. The van der Waals surface area contributed by atoms with E-state index in [1.54, 1.807) is 0 Å². The van der Waals surface area contributed by atoms with Gasteiger partial charge in [0.15, 0.2) is 5.60 Å². The van der Waals surface area contributed by atoms with Gasteiger partial charge in [-0.05, 0) is 25.7 Å². The molecule has 0 aliphatic carbocycles. The number of epoxide rings is 1. The summed E-state index contributed by atoms with van der Waals surface area (Å²) < 4.78 is 5.69. The van der Waals surface area contributed by atoms with Gasteiger partial charge < -0.3 is 9.84 Å². The zero-order chi connectivity index (χ0) is 12.2. The maximum atomic E-state index is 10.1. The third-order valence-electron chi connectivity index (χ3n) is 3.48. The Morgan fingerprint density at radius 3 is 2.25 bits per heavy atom. The average molecular weight is 224 g/mol. The summed E-state index contributed by atoms with van der Waals surface area (Å²) in [7, 11) is 0. The molecule has 1 saturated heterocycles. The molecule has 2 atom stereocenters. The summed E-state index contributed by atoms with van der Waals surface area (Å²) in [5.74, 6) is 6.22. The van der Waals surface area contributed by atoms with E-state index < -0.39 is 5.60 Å². The molecule has 1 heterocycles. The van der Waals surface area contributed by atoms with Gasteiger partial charge >= 0.3 is 0 Å². The summed E-state index contributed by atoms with van der Waals surface area (Å²) in [5, 5.41) is 10.1. The summed E-state index contributed by atoms with van der Waals surface area (Å²) in [6.07, 6.45) is 4.68. The van der Waals surface area contributed by atoms with Gasteiger partial charge in [0.05, 0.1) is 6.10 Å². The Balaban J connectivity index is 2.74. The molecule has 2 unspecified atom stereocenters. The first-order valence-electron chi connectivity index (χ1n) is 6.50. The number of rotatable bonds is 5. The lowest BCUT2D eigenvalue weighted by atomic mass is 9.94. The van der Waals surface area contributed by atoms with Gasteiger partial charge in [0.2, 0.25) is 0 Å². The Labute approximate surface area is 99.4 Å². The van der Waals surface area contributed by atoms with E-state index in [2.05, 4.69) is 25.7 Å². The molecule has 1 aliphatic rings. The van der Waals surface area contributed by atoms with Crippen molar-refractivity contribution in [2.45, 2.75) is 77.1 Å². The van der Waals surface area contributed by atoms with Crippen LogP contribution in [-0.2, 0) is 4.74 Å². The molecular weight excluding hydrogens is 200 g/mol. The molecule has 92 valence electrons. The largest absolute Gasteiger partial charge is 0.378 e. The first-order valence-corrected chi connectivity index (χ1v) is 6.50. The van der Waals surface area contributed by atoms with Gasteiger partial charge in [-0.3, -0.25) is 0 Å². The van der Waals surface area contributed by atoms with E-state index in [9.17, 15) is 5.11 Å². The molecule has 16 heavy (non-hydrogen) atoms. The molecule has 2 nitrogen and oxygen atoms in total. The molecule has 0 amide bonds. The highest BCUT2D eigenvalue weighted by molar-refractivity contribution is 5.28. The summed E-state index contributed by atoms with van der Waals surface area (Å²) >= 11 is 0. The number of ether oxygens (including phenoxy) is 1.